The maximum absolute atomic E-state index is 12.3. The van der Waals surface area contributed by atoms with Crippen molar-refractivity contribution < 1.29 is 19.0 Å². The van der Waals surface area contributed by atoms with Crippen LogP contribution in [0.5, 0.6) is 17.2 Å². The lowest BCUT2D eigenvalue weighted by Gasteiger charge is -2.11. The van der Waals surface area contributed by atoms with Crippen LogP contribution in [0.15, 0.2) is 36.4 Å². The van der Waals surface area contributed by atoms with Crippen LogP contribution in [0.25, 0.3) is 6.08 Å². The van der Waals surface area contributed by atoms with Crippen LogP contribution in [0.4, 0.5) is 5.69 Å². The first-order valence-corrected chi connectivity index (χ1v) is 9.00. The Hall–Kier alpha value is -2.66. The molecule has 144 valence electrons. The fourth-order valence-corrected chi connectivity index (χ4v) is 2.55. The zero-order chi connectivity index (χ0) is 19.8. The smallest absolute Gasteiger partial charge is 0.248 e. The molecule has 0 aliphatic heterocycles. The summed E-state index contributed by atoms with van der Waals surface area (Å²) in [5.74, 6) is 1.54. The first-order chi connectivity index (χ1) is 13.0. The predicted molar refractivity (Wildman–Crippen MR) is 109 cm³/mol. The van der Waals surface area contributed by atoms with Gasteiger partial charge in [0.05, 0.1) is 26.5 Å². The van der Waals surface area contributed by atoms with Gasteiger partial charge < -0.3 is 19.5 Å². The molecule has 6 heteroatoms. The third-order valence-corrected chi connectivity index (χ3v) is 4.22. The maximum Gasteiger partial charge on any atom is 0.248 e. The molecule has 0 aliphatic carbocycles. The molecule has 1 amide bonds. The van der Waals surface area contributed by atoms with E-state index in [2.05, 4.69) is 5.32 Å². The summed E-state index contributed by atoms with van der Waals surface area (Å²) in [6.45, 7) is 4.53. The number of carbonyl (C=O) groups excluding carboxylic acids is 1. The van der Waals surface area contributed by atoms with Gasteiger partial charge in [-0.05, 0) is 48.7 Å². The van der Waals surface area contributed by atoms with Crippen molar-refractivity contribution in [3.05, 3.63) is 52.6 Å². The van der Waals surface area contributed by atoms with Gasteiger partial charge in [-0.2, -0.15) is 0 Å². The Balaban J connectivity index is 2.12. The summed E-state index contributed by atoms with van der Waals surface area (Å²) >= 11 is 6.09. The van der Waals surface area contributed by atoms with E-state index in [-0.39, 0.29) is 5.91 Å². The molecule has 2 rings (SSSR count). The molecule has 2 aromatic rings. The van der Waals surface area contributed by atoms with Gasteiger partial charge in [0, 0.05) is 17.2 Å². The molecule has 0 bridgehead atoms. The maximum atomic E-state index is 12.3. The summed E-state index contributed by atoms with van der Waals surface area (Å²) in [5, 5.41) is 3.38. The monoisotopic (exact) mass is 389 g/mol. The highest BCUT2D eigenvalue weighted by Gasteiger charge is 2.09. The molecule has 0 saturated heterocycles. The number of anilines is 1. The Morgan fingerprint density at radius 3 is 2.52 bits per heavy atom. The second-order valence-electron chi connectivity index (χ2n) is 5.88. The number of nitrogens with one attached hydrogen (secondary N) is 1. The molecular formula is C21H24ClNO4. The highest BCUT2D eigenvalue weighted by Crippen LogP contribution is 2.31. The van der Waals surface area contributed by atoms with Gasteiger partial charge >= 0.3 is 0 Å². The Morgan fingerprint density at radius 2 is 1.85 bits per heavy atom. The zero-order valence-electron chi connectivity index (χ0n) is 16.0. The van der Waals surface area contributed by atoms with Crippen LogP contribution in [0.3, 0.4) is 0 Å². The van der Waals surface area contributed by atoms with Crippen LogP contribution >= 0.6 is 11.6 Å². The first-order valence-electron chi connectivity index (χ1n) is 8.62. The van der Waals surface area contributed by atoms with Gasteiger partial charge in [0.1, 0.15) is 5.75 Å². The van der Waals surface area contributed by atoms with E-state index in [0.29, 0.717) is 34.6 Å². The Labute approximate surface area is 164 Å². The standard InChI is InChI=1S/C21H24ClNO4/c1-5-10-27-18-8-6-15(12-20(18)26-4)7-9-21(24)23-17-11-14(2)16(22)13-19(17)25-3/h6-9,11-13H,5,10H2,1-4H3,(H,23,24)/b9-7+. The Morgan fingerprint density at radius 1 is 1.11 bits per heavy atom. The number of amides is 1. The fourth-order valence-electron chi connectivity index (χ4n) is 2.40. The lowest BCUT2D eigenvalue weighted by Crippen LogP contribution is -2.09. The summed E-state index contributed by atoms with van der Waals surface area (Å²) in [6.07, 6.45) is 4.07. The minimum atomic E-state index is -0.278. The van der Waals surface area contributed by atoms with Crippen molar-refractivity contribution in [1.29, 1.82) is 0 Å². The second-order valence-corrected chi connectivity index (χ2v) is 6.29. The summed E-state index contributed by atoms with van der Waals surface area (Å²) in [6, 6.07) is 8.97. The third-order valence-electron chi connectivity index (χ3n) is 3.82. The van der Waals surface area contributed by atoms with Crippen molar-refractivity contribution in [3.8, 4) is 17.2 Å². The number of hydrogen-bond acceptors (Lipinski definition) is 4. The van der Waals surface area contributed by atoms with E-state index in [1.165, 1.54) is 13.2 Å². The topological polar surface area (TPSA) is 56.8 Å². The van der Waals surface area contributed by atoms with E-state index in [9.17, 15) is 4.79 Å². The van der Waals surface area contributed by atoms with Gasteiger partial charge in [-0.1, -0.05) is 24.6 Å². The summed E-state index contributed by atoms with van der Waals surface area (Å²) in [4.78, 5) is 12.3. The molecule has 0 fully saturated rings. The van der Waals surface area contributed by atoms with Crippen molar-refractivity contribution in [2.75, 3.05) is 26.1 Å². The lowest BCUT2D eigenvalue weighted by atomic mass is 10.1. The van der Waals surface area contributed by atoms with E-state index < -0.39 is 0 Å². The van der Waals surface area contributed by atoms with Crippen molar-refractivity contribution in [2.24, 2.45) is 0 Å². The van der Waals surface area contributed by atoms with E-state index in [1.54, 1.807) is 25.3 Å². The van der Waals surface area contributed by atoms with Crippen molar-refractivity contribution in [1.82, 2.24) is 0 Å². The number of aryl methyl sites for hydroxylation is 1. The fraction of sp³-hybridized carbons (Fsp3) is 0.286. The molecule has 0 unspecified atom stereocenters. The molecule has 0 aromatic heterocycles. The molecule has 1 N–H and O–H groups in total. The van der Waals surface area contributed by atoms with Gasteiger partial charge in [-0.25, -0.2) is 0 Å². The van der Waals surface area contributed by atoms with Gasteiger partial charge in [0.2, 0.25) is 5.91 Å². The van der Waals surface area contributed by atoms with Gasteiger partial charge in [-0.15, -0.1) is 0 Å². The first kappa shape index (κ1) is 20.6. The highest BCUT2D eigenvalue weighted by atomic mass is 35.5. The molecule has 27 heavy (non-hydrogen) atoms. The quantitative estimate of drug-likeness (QED) is 0.637. The lowest BCUT2D eigenvalue weighted by molar-refractivity contribution is -0.111. The van der Waals surface area contributed by atoms with E-state index in [0.717, 1.165) is 17.5 Å². The molecule has 2 aromatic carbocycles. The minimum Gasteiger partial charge on any atom is -0.495 e. The largest absolute Gasteiger partial charge is 0.495 e. The summed E-state index contributed by atoms with van der Waals surface area (Å²) in [5.41, 5.74) is 2.24. The van der Waals surface area contributed by atoms with Crippen LogP contribution in [0, 0.1) is 6.92 Å². The zero-order valence-corrected chi connectivity index (χ0v) is 16.7. The van der Waals surface area contributed by atoms with E-state index in [1.807, 2.05) is 32.0 Å². The number of carbonyl (C=O) groups is 1. The number of benzene rings is 2. The molecule has 0 heterocycles. The number of methoxy groups -OCH3 is 2. The average molecular weight is 390 g/mol. The van der Waals surface area contributed by atoms with E-state index in [4.69, 9.17) is 25.8 Å². The number of halogens is 1. The van der Waals surface area contributed by atoms with Crippen LogP contribution in [0.2, 0.25) is 5.02 Å². The van der Waals surface area contributed by atoms with Crippen molar-refractivity contribution in [3.63, 3.8) is 0 Å². The SMILES string of the molecule is CCCOc1ccc(/C=C/C(=O)Nc2cc(C)c(Cl)cc2OC)cc1OC. The molecule has 0 atom stereocenters. The number of hydrogen-bond donors (Lipinski definition) is 1. The van der Waals surface area contributed by atoms with Gasteiger partial charge in [-0.3, -0.25) is 4.79 Å². The normalized spacial score (nSPS) is 10.7. The molecule has 0 aliphatic rings. The third kappa shape index (κ3) is 5.66. The van der Waals surface area contributed by atoms with Crippen LogP contribution in [0.1, 0.15) is 24.5 Å². The Bertz CT molecular complexity index is 833. The molecule has 5 nitrogen and oxygen atoms in total. The van der Waals surface area contributed by atoms with Crippen LogP contribution < -0.4 is 19.5 Å². The van der Waals surface area contributed by atoms with E-state index >= 15 is 0 Å². The molecule has 0 radical (unpaired) electrons. The van der Waals surface area contributed by atoms with Crippen molar-refractivity contribution >= 4 is 29.3 Å². The molecular weight excluding hydrogens is 366 g/mol. The highest BCUT2D eigenvalue weighted by molar-refractivity contribution is 6.31. The van der Waals surface area contributed by atoms with Crippen LogP contribution in [-0.2, 0) is 4.79 Å². The van der Waals surface area contributed by atoms with Gasteiger partial charge in [0.15, 0.2) is 11.5 Å². The minimum absolute atomic E-state index is 0.278. The molecule has 0 saturated carbocycles. The number of ether oxygens (including phenoxy) is 3. The average Bonchev–Trinajstić information content (AvgIpc) is 2.67. The summed E-state index contributed by atoms with van der Waals surface area (Å²) in [7, 11) is 3.12. The van der Waals surface area contributed by atoms with Crippen LogP contribution in [-0.4, -0.2) is 26.7 Å². The molecule has 0 spiro atoms. The second kappa shape index (κ2) is 9.88. The summed E-state index contributed by atoms with van der Waals surface area (Å²) < 4.78 is 16.2. The van der Waals surface area contributed by atoms with Gasteiger partial charge in [0.25, 0.3) is 0 Å². The Kier molecular flexibility index (Phi) is 7.55. The van der Waals surface area contributed by atoms with Crippen molar-refractivity contribution in [2.45, 2.75) is 20.3 Å². The predicted octanol–water partition coefficient (Wildman–Crippen LogP) is 5.11. The number of rotatable bonds is 8.